The Kier molecular flexibility index (Phi) is 5.55. The quantitative estimate of drug-likeness (QED) is 0.586. The zero-order valence-corrected chi connectivity index (χ0v) is 12.5. The molecule has 4 N–H and O–H groups in total. The average molecular weight is 378 g/mol. The summed E-state index contributed by atoms with van der Waals surface area (Å²) in [6.45, 7) is 1.21. The molecular weight excluding hydrogens is 363 g/mol. The first kappa shape index (κ1) is 15.7. The van der Waals surface area contributed by atoms with Crippen molar-refractivity contribution in [3.63, 3.8) is 0 Å². The maximum absolute atomic E-state index is 11.6. The van der Waals surface area contributed by atoms with Gasteiger partial charge in [-0.25, -0.2) is 4.79 Å². The van der Waals surface area contributed by atoms with Gasteiger partial charge in [0.15, 0.2) is 0 Å². The number of para-hydroxylation sites is 1. The van der Waals surface area contributed by atoms with E-state index < -0.39 is 24.0 Å². The number of rotatable bonds is 5. The summed E-state index contributed by atoms with van der Waals surface area (Å²) in [6.07, 6.45) is -0.434. The van der Waals surface area contributed by atoms with Crippen LogP contribution in [-0.4, -0.2) is 34.4 Å². The number of hydrogen-bond acceptors (Lipinski definition) is 3. The van der Waals surface area contributed by atoms with Crippen molar-refractivity contribution in [1.29, 1.82) is 0 Å². The summed E-state index contributed by atoms with van der Waals surface area (Å²) < 4.78 is 0.882. The maximum atomic E-state index is 11.6. The molecule has 0 aliphatic heterocycles. The number of hydrogen-bond donors (Lipinski definition) is 4. The molecule has 0 bridgehead atoms. The molecule has 1 aromatic rings. The normalized spacial score (nSPS) is 13.4. The summed E-state index contributed by atoms with van der Waals surface area (Å²) in [5, 5.41) is 23.4. The number of amides is 2. The largest absolute Gasteiger partial charge is 0.481 e. The number of benzene rings is 1. The van der Waals surface area contributed by atoms with Gasteiger partial charge in [-0.05, 0) is 41.6 Å². The number of aliphatic hydroxyl groups is 1. The van der Waals surface area contributed by atoms with E-state index >= 15 is 0 Å². The van der Waals surface area contributed by atoms with Gasteiger partial charge in [-0.15, -0.1) is 0 Å². The molecule has 2 amide bonds. The van der Waals surface area contributed by atoms with Gasteiger partial charge in [0.1, 0.15) is 0 Å². The Morgan fingerprint density at radius 3 is 2.58 bits per heavy atom. The van der Waals surface area contributed by atoms with Crippen molar-refractivity contribution in [2.75, 3.05) is 11.9 Å². The Balaban J connectivity index is 2.49. The van der Waals surface area contributed by atoms with Crippen LogP contribution in [0.1, 0.15) is 13.3 Å². The molecule has 0 fully saturated rings. The lowest BCUT2D eigenvalue weighted by atomic mass is 10.0. The van der Waals surface area contributed by atoms with E-state index in [9.17, 15) is 14.7 Å². The fraction of sp³-hybridized carbons (Fsp3) is 0.333. The number of carboxylic acid groups (broad SMARTS) is 1. The summed E-state index contributed by atoms with van der Waals surface area (Å²) >= 11 is 2.08. The van der Waals surface area contributed by atoms with Crippen LogP contribution >= 0.6 is 22.6 Å². The summed E-state index contributed by atoms with van der Waals surface area (Å²) in [6, 6.07) is 6.74. The van der Waals surface area contributed by atoms with Gasteiger partial charge in [0, 0.05) is 10.1 Å². The van der Waals surface area contributed by atoms with Gasteiger partial charge < -0.3 is 20.8 Å². The van der Waals surface area contributed by atoms with E-state index in [0.29, 0.717) is 5.69 Å². The van der Waals surface area contributed by atoms with Gasteiger partial charge in [-0.1, -0.05) is 12.1 Å². The molecule has 7 heteroatoms. The zero-order valence-electron chi connectivity index (χ0n) is 10.3. The highest BCUT2D eigenvalue weighted by molar-refractivity contribution is 14.1. The second kappa shape index (κ2) is 6.71. The zero-order chi connectivity index (χ0) is 14.5. The van der Waals surface area contributed by atoms with Crippen molar-refractivity contribution in [2.45, 2.75) is 18.9 Å². The third-order valence-corrected chi connectivity index (χ3v) is 3.22. The van der Waals surface area contributed by atoms with Crippen LogP contribution in [0.4, 0.5) is 10.5 Å². The number of carbonyl (C=O) groups is 2. The molecule has 0 heterocycles. The SMILES string of the molecule is CC(O)(CNC(=O)Nc1ccccc1I)CC(=O)O. The van der Waals surface area contributed by atoms with Crippen molar-refractivity contribution in [1.82, 2.24) is 5.32 Å². The molecule has 1 aromatic carbocycles. The number of halogens is 1. The molecular formula is C12H15IN2O4. The highest BCUT2D eigenvalue weighted by Crippen LogP contribution is 2.16. The topological polar surface area (TPSA) is 98.7 Å². The van der Waals surface area contributed by atoms with Crippen LogP contribution in [0.25, 0.3) is 0 Å². The first-order valence-corrected chi connectivity index (χ1v) is 6.61. The molecule has 0 aliphatic carbocycles. The van der Waals surface area contributed by atoms with Gasteiger partial charge in [0.05, 0.1) is 17.7 Å². The van der Waals surface area contributed by atoms with Crippen molar-refractivity contribution < 1.29 is 19.8 Å². The Morgan fingerprint density at radius 1 is 1.37 bits per heavy atom. The smallest absolute Gasteiger partial charge is 0.319 e. The number of anilines is 1. The standard InChI is InChI=1S/C12H15IN2O4/c1-12(19,6-10(16)17)7-14-11(18)15-9-5-3-2-4-8(9)13/h2-5,19H,6-7H2,1H3,(H,16,17)(H2,14,15,18). The van der Waals surface area contributed by atoms with E-state index in [-0.39, 0.29) is 6.54 Å². The third kappa shape index (κ3) is 5.88. The first-order valence-electron chi connectivity index (χ1n) is 5.54. The van der Waals surface area contributed by atoms with Crippen LogP contribution in [0.15, 0.2) is 24.3 Å². The minimum absolute atomic E-state index is 0.144. The van der Waals surface area contributed by atoms with Crippen LogP contribution in [0, 0.1) is 3.57 Å². The molecule has 1 atom stereocenters. The van der Waals surface area contributed by atoms with Gasteiger partial charge in [-0.3, -0.25) is 4.79 Å². The number of urea groups is 1. The maximum Gasteiger partial charge on any atom is 0.319 e. The van der Waals surface area contributed by atoms with Crippen LogP contribution in [0.2, 0.25) is 0 Å². The molecule has 1 unspecified atom stereocenters. The van der Waals surface area contributed by atoms with Crippen molar-refractivity contribution in [3.8, 4) is 0 Å². The molecule has 0 aromatic heterocycles. The number of carboxylic acids is 1. The summed E-state index contributed by atoms with van der Waals surface area (Å²) in [4.78, 5) is 22.1. The Morgan fingerprint density at radius 2 is 2.00 bits per heavy atom. The van der Waals surface area contributed by atoms with Crippen LogP contribution < -0.4 is 10.6 Å². The molecule has 0 aliphatic rings. The van der Waals surface area contributed by atoms with Gasteiger partial charge >= 0.3 is 12.0 Å². The molecule has 6 nitrogen and oxygen atoms in total. The van der Waals surface area contributed by atoms with E-state index in [4.69, 9.17) is 5.11 Å². The molecule has 19 heavy (non-hydrogen) atoms. The lowest BCUT2D eigenvalue weighted by Gasteiger charge is -2.21. The lowest BCUT2D eigenvalue weighted by Crippen LogP contribution is -2.43. The predicted octanol–water partition coefficient (Wildman–Crippen LogP) is 1.64. The van der Waals surface area contributed by atoms with Gasteiger partial charge in [0.25, 0.3) is 0 Å². The molecule has 0 radical (unpaired) electrons. The van der Waals surface area contributed by atoms with E-state index in [1.807, 2.05) is 12.1 Å². The van der Waals surface area contributed by atoms with E-state index in [0.717, 1.165) is 3.57 Å². The lowest BCUT2D eigenvalue weighted by molar-refractivity contribution is -0.141. The molecule has 1 rings (SSSR count). The second-order valence-corrected chi connectivity index (χ2v) is 5.52. The van der Waals surface area contributed by atoms with Gasteiger partial charge in [-0.2, -0.15) is 0 Å². The second-order valence-electron chi connectivity index (χ2n) is 4.35. The number of nitrogens with one attached hydrogen (secondary N) is 2. The van der Waals surface area contributed by atoms with Crippen molar-refractivity contribution >= 4 is 40.3 Å². The first-order chi connectivity index (χ1) is 8.80. The fourth-order valence-corrected chi connectivity index (χ4v) is 1.91. The Bertz CT molecular complexity index is 477. The average Bonchev–Trinajstić information content (AvgIpc) is 2.28. The monoisotopic (exact) mass is 378 g/mol. The van der Waals surface area contributed by atoms with Crippen LogP contribution in [0.3, 0.4) is 0 Å². The van der Waals surface area contributed by atoms with Crippen LogP contribution in [0.5, 0.6) is 0 Å². The Labute approximate surface area is 124 Å². The predicted molar refractivity (Wildman–Crippen MR) is 79.1 cm³/mol. The molecule has 104 valence electrons. The highest BCUT2D eigenvalue weighted by Gasteiger charge is 2.24. The Hall–Kier alpha value is -1.35. The molecule has 0 saturated carbocycles. The minimum atomic E-state index is -1.48. The van der Waals surface area contributed by atoms with E-state index in [1.165, 1.54) is 6.92 Å². The summed E-state index contributed by atoms with van der Waals surface area (Å²) in [5.74, 6) is -1.12. The fourth-order valence-electron chi connectivity index (χ4n) is 1.39. The summed E-state index contributed by atoms with van der Waals surface area (Å²) in [7, 11) is 0. The number of aliphatic carboxylic acids is 1. The summed E-state index contributed by atoms with van der Waals surface area (Å²) in [5.41, 5.74) is -0.828. The van der Waals surface area contributed by atoms with Gasteiger partial charge in [0.2, 0.25) is 0 Å². The molecule has 0 spiro atoms. The molecule has 0 saturated heterocycles. The van der Waals surface area contributed by atoms with Crippen LogP contribution in [-0.2, 0) is 4.79 Å². The minimum Gasteiger partial charge on any atom is -0.481 e. The van der Waals surface area contributed by atoms with Crippen molar-refractivity contribution in [3.05, 3.63) is 27.8 Å². The van der Waals surface area contributed by atoms with E-state index in [1.54, 1.807) is 12.1 Å². The third-order valence-electron chi connectivity index (χ3n) is 2.28. The van der Waals surface area contributed by atoms with Crippen molar-refractivity contribution in [2.24, 2.45) is 0 Å². The highest BCUT2D eigenvalue weighted by atomic mass is 127. The number of carbonyl (C=O) groups excluding carboxylic acids is 1. The van der Waals surface area contributed by atoms with E-state index in [2.05, 4.69) is 33.2 Å².